The van der Waals surface area contributed by atoms with Crippen LogP contribution in [0.5, 0.6) is 0 Å². The Morgan fingerprint density at radius 1 is 0.451 bits per heavy atom. The molecule has 7 aromatic carbocycles. The average molecular weight is 650 g/mol. The van der Waals surface area contributed by atoms with Gasteiger partial charge in [-0.1, -0.05) is 78.9 Å². The van der Waals surface area contributed by atoms with Gasteiger partial charge in [-0.3, -0.25) is 0 Å². The first kappa shape index (κ1) is 28.4. The summed E-state index contributed by atoms with van der Waals surface area (Å²) in [5, 5.41) is 38.0. The normalized spacial score (nSPS) is 11.5. The number of para-hydroxylation sites is 4. The van der Waals surface area contributed by atoms with E-state index in [9.17, 15) is 15.8 Å². The fraction of sp³-hybridized carbons (Fsp3) is 0. The van der Waals surface area contributed by atoms with Gasteiger partial charge in [0.05, 0.1) is 55.9 Å². The van der Waals surface area contributed by atoms with Crippen LogP contribution in [-0.4, -0.2) is 9.13 Å². The fourth-order valence-electron chi connectivity index (χ4n) is 7.91. The molecule has 0 N–H and O–H groups in total. The van der Waals surface area contributed by atoms with Gasteiger partial charge in [0, 0.05) is 32.6 Å². The second kappa shape index (κ2) is 10.7. The van der Waals surface area contributed by atoms with Crippen LogP contribution < -0.4 is 0 Å². The van der Waals surface area contributed by atoms with Crippen LogP contribution in [0.25, 0.3) is 88.1 Å². The summed E-state index contributed by atoms with van der Waals surface area (Å²) in [4.78, 5) is 0. The van der Waals surface area contributed by atoms with E-state index in [0.29, 0.717) is 33.5 Å². The van der Waals surface area contributed by atoms with Gasteiger partial charge >= 0.3 is 0 Å². The molecule has 0 spiro atoms. The first-order valence-corrected chi connectivity index (χ1v) is 16.5. The topological polar surface area (TPSA) is 94.4 Å². The summed E-state index contributed by atoms with van der Waals surface area (Å²) in [5.74, 6) is 0. The lowest BCUT2D eigenvalue weighted by Gasteiger charge is -2.15. The van der Waals surface area contributed by atoms with Crippen molar-refractivity contribution in [2.75, 3.05) is 0 Å². The predicted molar refractivity (Wildman–Crippen MR) is 202 cm³/mol. The van der Waals surface area contributed by atoms with Crippen LogP contribution in [0.3, 0.4) is 0 Å². The van der Waals surface area contributed by atoms with Crippen LogP contribution in [0.15, 0.2) is 144 Å². The maximum absolute atomic E-state index is 10.6. The van der Waals surface area contributed by atoms with Crippen molar-refractivity contribution in [3.05, 3.63) is 156 Å². The van der Waals surface area contributed by atoms with Crippen LogP contribution in [0.2, 0.25) is 0 Å². The van der Waals surface area contributed by atoms with Crippen LogP contribution in [0.4, 0.5) is 0 Å². The molecule has 10 aromatic rings. The minimum atomic E-state index is 0.347. The SMILES string of the molecule is N#Cc1cc(-n2c3ccccc3c3ccc4oc5ccccc5c4c32)ccc1-c1cc(C#N)c(-n2c3ccccc3c3ccccc32)c(C#N)c1. The zero-order chi connectivity index (χ0) is 34.2. The number of furan rings is 1. The van der Waals surface area contributed by atoms with Crippen molar-refractivity contribution in [1.29, 1.82) is 15.8 Å². The summed E-state index contributed by atoms with van der Waals surface area (Å²) in [6.07, 6.45) is 0. The molecule has 0 aliphatic heterocycles. The highest BCUT2D eigenvalue weighted by atomic mass is 16.3. The van der Waals surface area contributed by atoms with Crippen molar-refractivity contribution in [2.24, 2.45) is 0 Å². The van der Waals surface area contributed by atoms with Crippen molar-refractivity contribution in [3.63, 3.8) is 0 Å². The van der Waals surface area contributed by atoms with E-state index < -0.39 is 0 Å². The van der Waals surface area contributed by atoms with E-state index in [2.05, 4.69) is 59.2 Å². The average Bonchev–Trinajstić information content (AvgIpc) is 3.85. The molecule has 234 valence electrons. The van der Waals surface area contributed by atoms with Crippen LogP contribution in [0.1, 0.15) is 16.7 Å². The van der Waals surface area contributed by atoms with Crippen molar-refractivity contribution >= 4 is 65.6 Å². The van der Waals surface area contributed by atoms with Crippen molar-refractivity contribution in [3.8, 4) is 40.7 Å². The lowest BCUT2D eigenvalue weighted by molar-refractivity contribution is 0.669. The van der Waals surface area contributed by atoms with Crippen LogP contribution in [0, 0.1) is 34.0 Å². The third-order valence-electron chi connectivity index (χ3n) is 10.0. The van der Waals surface area contributed by atoms with Gasteiger partial charge in [0.2, 0.25) is 0 Å². The molecule has 0 saturated heterocycles. The van der Waals surface area contributed by atoms with E-state index in [1.165, 1.54) is 0 Å². The molecule has 0 radical (unpaired) electrons. The molecule has 0 aliphatic rings. The number of hydrogen-bond acceptors (Lipinski definition) is 4. The zero-order valence-corrected chi connectivity index (χ0v) is 26.9. The number of rotatable bonds is 3. The highest BCUT2D eigenvalue weighted by Gasteiger charge is 2.22. The second-order valence-electron chi connectivity index (χ2n) is 12.6. The minimum Gasteiger partial charge on any atom is -0.456 e. The quantitative estimate of drug-likeness (QED) is 0.190. The zero-order valence-electron chi connectivity index (χ0n) is 26.9. The van der Waals surface area contributed by atoms with E-state index in [1.807, 2.05) is 95.6 Å². The molecule has 3 heterocycles. The molecule has 6 heteroatoms. The Balaban J connectivity index is 1.21. The Labute approximate surface area is 291 Å². The third kappa shape index (κ3) is 3.95. The molecule has 0 unspecified atom stereocenters. The van der Waals surface area contributed by atoms with E-state index in [0.717, 1.165) is 71.2 Å². The van der Waals surface area contributed by atoms with E-state index in [-0.39, 0.29) is 0 Å². The van der Waals surface area contributed by atoms with Gasteiger partial charge in [-0.15, -0.1) is 0 Å². The highest BCUT2D eigenvalue weighted by Crippen LogP contribution is 2.42. The molecule has 6 nitrogen and oxygen atoms in total. The van der Waals surface area contributed by atoms with Crippen LogP contribution >= 0.6 is 0 Å². The highest BCUT2D eigenvalue weighted by molar-refractivity contribution is 6.24. The largest absolute Gasteiger partial charge is 0.456 e. The lowest BCUT2D eigenvalue weighted by Crippen LogP contribution is -2.02. The Bertz CT molecular complexity index is 3160. The molecule has 3 aromatic heterocycles. The van der Waals surface area contributed by atoms with Gasteiger partial charge in [0.25, 0.3) is 0 Å². The summed E-state index contributed by atoms with van der Waals surface area (Å²) in [7, 11) is 0. The van der Waals surface area contributed by atoms with E-state index >= 15 is 0 Å². The third-order valence-corrected chi connectivity index (χ3v) is 10.0. The van der Waals surface area contributed by atoms with Gasteiger partial charge in [-0.05, 0) is 71.8 Å². The van der Waals surface area contributed by atoms with Gasteiger partial charge < -0.3 is 13.6 Å². The van der Waals surface area contributed by atoms with Crippen molar-refractivity contribution < 1.29 is 4.42 Å². The first-order chi connectivity index (χ1) is 25.2. The predicted octanol–water partition coefficient (Wildman–Crippen LogP) is 11.1. The van der Waals surface area contributed by atoms with Crippen molar-refractivity contribution in [2.45, 2.75) is 0 Å². The maximum atomic E-state index is 10.6. The smallest absolute Gasteiger partial charge is 0.137 e. The Morgan fingerprint density at radius 2 is 1.00 bits per heavy atom. The summed E-state index contributed by atoms with van der Waals surface area (Å²) >= 11 is 0. The molecule has 0 aliphatic carbocycles. The molecular weight excluding hydrogens is 627 g/mol. The standard InChI is InChI=1S/C45H23N5O/c46-24-28-23-31(49-38-13-5-3-11-35(38)36-19-20-42-43(45(36)49)37-12-4-8-16-41(37)51-42)17-18-32(28)27-21-29(25-47)44(30(22-27)26-48)50-39-14-6-1-9-33(39)34-10-2-7-15-40(34)50/h1-23H. The molecular formula is C45H23N5O. The molecule has 0 saturated carbocycles. The molecule has 0 amide bonds. The second-order valence-corrected chi connectivity index (χ2v) is 12.6. The molecule has 0 bridgehead atoms. The Hall–Kier alpha value is -7.59. The fourth-order valence-corrected chi connectivity index (χ4v) is 7.91. The van der Waals surface area contributed by atoms with Crippen LogP contribution in [-0.2, 0) is 0 Å². The minimum absolute atomic E-state index is 0.347. The number of hydrogen-bond donors (Lipinski definition) is 0. The Morgan fingerprint density at radius 3 is 1.63 bits per heavy atom. The first-order valence-electron chi connectivity index (χ1n) is 16.5. The molecule has 10 rings (SSSR count). The van der Waals surface area contributed by atoms with Gasteiger partial charge in [0.1, 0.15) is 23.3 Å². The van der Waals surface area contributed by atoms with Gasteiger partial charge in [0.15, 0.2) is 0 Å². The summed E-state index contributed by atoms with van der Waals surface area (Å²) in [6, 6.07) is 53.0. The summed E-state index contributed by atoms with van der Waals surface area (Å²) in [5.41, 5.74) is 9.18. The number of aromatic nitrogens is 2. The lowest BCUT2D eigenvalue weighted by atomic mass is 9.94. The van der Waals surface area contributed by atoms with Gasteiger partial charge in [-0.25, -0.2) is 0 Å². The molecule has 51 heavy (non-hydrogen) atoms. The number of benzene rings is 7. The summed E-state index contributed by atoms with van der Waals surface area (Å²) in [6.45, 7) is 0. The number of nitrogens with zero attached hydrogens (tertiary/aromatic N) is 5. The number of nitriles is 3. The maximum Gasteiger partial charge on any atom is 0.137 e. The molecule has 0 fully saturated rings. The van der Waals surface area contributed by atoms with Crippen molar-refractivity contribution in [1.82, 2.24) is 9.13 Å². The monoisotopic (exact) mass is 649 g/mol. The van der Waals surface area contributed by atoms with E-state index in [1.54, 1.807) is 12.1 Å². The molecule has 0 atom stereocenters. The number of fused-ring (bicyclic) bond motifs is 10. The Kier molecular flexibility index (Phi) is 5.97. The summed E-state index contributed by atoms with van der Waals surface area (Å²) < 4.78 is 10.5. The van der Waals surface area contributed by atoms with Gasteiger partial charge in [-0.2, -0.15) is 15.8 Å². The van der Waals surface area contributed by atoms with E-state index in [4.69, 9.17) is 4.42 Å².